The Balaban J connectivity index is 1.84. The topological polar surface area (TPSA) is 21.8 Å². The fourth-order valence-electron chi connectivity index (χ4n) is 1.05. The highest BCUT2D eigenvalue weighted by molar-refractivity contribution is 14.1. The SMILES string of the molecule is Cc1ccc(OCC2OC2I)cc1. The van der Waals surface area contributed by atoms with Gasteiger partial charge in [-0.25, -0.2) is 0 Å². The van der Waals surface area contributed by atoms with Gasteiger partial charge < -0.3 is 9.47 Å². The van der Waals surface area contributed by atoms with Gasteiger partial charge in [0.2, 0.25) is 0 Å². The van der Waals surface area contributed by atoms with E-state index in [9.17, 15) is 0 Å². The standard InChI is InChI=1S/C10H11IO2/c1-7-2-4-8(5-3-7)12-6-9-10(11)13-9/h2-5,9-10H,6H2,1H3. The number of halogens is 1. The number of benzene rings is 1. The number of epoxide rings is 1. The second-order valence-electron chi connectivity index (χ2n) is 3.15. The van der Waals surface area contributed by atoms with Gasteiger partial charge in [-0.3, -0.25) is 0 Å². The highest BCUT2D eigenvalue weighted by Crippen LogP contribution is 2.28. The van der Waals surface area contributed by atoms with Crippen molar-refractivity contribution in [3.63, 3.8) is 0 Å². The third kappa shape index (κ3) is 2.57. The maximum Gasteiger partial charge on any atom is 0.138 e. The van der Waals surface area contributed by atoms with Crippen molar-refractivity contribution in [3.05, 3.63) is 29.8 Å². The summed E-state index contributed by atoms with van der Waals surface area (Å²) >= 11 is 2.26. The second-order valence-corrected chi connectivity index (χ2v) is 4.38. The molecule has 0 N–H and O–H groups in total. The van der Waals surface area contributed by atoms with E-state index in [1.807, 2.05) is 24.3 Å². The van der Waals surface area contributed by atoms with Crippen molar-refractivity contribution in [1.82, 2.24) is 0 Å². The third-order valence-corrected chi connectivity index (χ3v) is 3.05. The maximum atomic E-state index is 5.53. The van der Waals surface area contributed by atoms with Crippen LogP contribution in [0.3, 0.4) is 0 Å². The molecule has 0 spiro atoms. The minimum absolute atomic E-state index is 0.293. The molecule has 3 heteroatoms. The zero-order valence-corrected chi connectivity index (χ0v) is 9.52. The van der Waals surface area contributed by atoms with E-state index in [4.69, 9.17) is 9.47 Å². The van der Waals surface area contributed by atoms with Gasteiger partial charge in [-0.15, -0.1) is 0 Å². The predicted molar refractivity (Wildman–Crippen MR) is 59.4 cm³/mol. The molecule has 0 saturated carbocycles. The summed E-state index contributed by atoms with van der Waals surface area (Å²) in [6.07, 6.45) is 0.293. The molecule has 0 amide bonds. The zero-order chi connectivity index (χ0) is 9.26. The molecule has 1 aliphatic rings. The van der Waals surface area contributed by atoms with Gasteiger partial charge in [0.15, 0.2) is 0 Å². The Labute approximate surface area is 91.4 Å². The molecule has 70 valence electrons. The molecule has 1 fully saturated rings. The molecule has 0 bridgehead atoms. The van der Waals surface area contributed by atoms with E-state index >= 15 is 0 Å². The molecule has 0 aliphatic carbocycles. The number of rotatable bonds is 3. The Hall–Kier alpha value is -0.290. The van der Waals surface area contributed by atoms with E-state index < -0.39 is 0 Å². The average Bonchev–Trinajstić information content (AvgIpc) is 2.81. The third-order valence-electron chi connectivity index (χ3n) is 1.96. The van der Waals surface area contributed by atoms with Crippen LogP contribution in [0.2, 0.25) is 0 Å². The minimum atomic E-state index is 0.293. The van der Waals surface area contributed by atoms with E-state index in [0.717, 1.165) is 5.75 Å². The Bertz CT molecular complexity index is 283. The highest BCUT2D eigenvalue weighted by Gasteiger charge is 2.36. The van der Waals surface area contributed by atoms with E-state index in [1.165, 1.54) is 5.56 Å². The average molecular weight is 290 g/mol. The minimum Gasteiger partial charge on any atom is -0.491 e. The predicted octanol–water partition coefficient (Wildman–Crippen LogP) is 2.53. The first-order valence-corrected chi connectivity index (χ1v) is 5.49. The molecule has 0 radical (unpaired) electrons. The Morgan fingerprint density at radius 2 is 2.00 bits per heavy atom. The fourth-order valence-corrected chi connectivity index (χ4v) is 1.63. The first-order valence-electron chi connectivity index (χ1n) is 4.25. The summed E-state index contributed by atoms with van der Waals surface area (Å²) in [5.74, 6) is 0.921. The van der Waals surface area contributed by atoms with E-state index in [-0.39, 0.29) is 0 Å². The second kappa shape index (κ2) is 3.84. The summed E-state index contributed by atoms with van der Waals surface area (Å²) in [5.41, 5.74) is 1.25. The van der Waals surface area contributed by atoms with Crippen LogP contribution in [0.15, 0.2) is 24.3 Å². The van der Waals surface area contributed by atoms with Crippen molar-refractivity contribution in [2.45, 2.75) is 17.1 Å². The summed E-state index contributed by atoms with van der Waals surface area (Å²) in [6.45, 7) is 2.73. The van der Waals surface area contributed by atoms with Crippen LogP contribution in [0.5, 0.6) is 5.75 Å². The van der Waals surface area contributed by atoms with Gasteiger partial charge in [0, 0.05) is 0 Å². The lowest BCUT2D eigenvalue weighted by Crippen LogP contribution is -2.05. The lowest BCUT2D eigenvalue weighted by Gasteiger charge is -2.03. The van der Waals surface area contributed by atoms with Gasteiger partial charge >= 0.3 is 0 Å². The van der Waals surface area contributed by atoms with Crippen LogP contribution in [-0.4, -0.2) is 16.8 Å². The Kier molecular flexibility index (Phi) is 2.74. The molecule has 1 aliphatic heterocycles. The van der Waals surface area contributed by atoms with E-state index in [0.29, 0.717) is 16.8 Å². The Morgan fingerprint density at radius 3 is 2.54 bits per heavy atom. The van der Waals surface area contributed by atoms with Gasteiger partial charge in [-0.05, 0) is 41.6 Å². The summed E-state index contributed by atoms with van der Waals surface area (Å²) in [4.78, 5) is 0. The number of ether oxygens (including phenoxy) is 2. The highest BCUT2D eigenvalue weighted by atomic mass is 127. The molecule has 2 unspecified atom stereocenters. The smallest absolute Gasteiger partial charge is 0.138 e. The van der Waals surface area contributed by atoms with Crippen LogP contribution < -0.4 is 4.74 Å². The molecule has 2 nitrogen and oxygen atoms in total. The largest absolute Gasteiger partial charge is 0.491 e. The molecule has 2 atom stereocenters. The molecular formula is C10H11IO2. The number of alkyl halides is 1. The summed E-state index contributed by atoms with van der Waals surface area (Å²) in [7, 11) is 0. The van der Waals surface area contributed by atoms with Crippen LogP contribution in [0.25, 0.3) is 0 Å². The van der Waals surface area contributed by atoms with Gasteiger partial charge in [0.05, 0.1) is 0 Å². The summed E-state index contributed by atoms with van der Waals surface area (Å²) < 4.78 is 11.1. The number of aryl methyl sites for hydroxylation is 1. The van der Waals surface area contributed by atoms with Gasteiger partial charge in [-0.1, -0.05) is 17.7 Å². The quantitative estimate of drug-likeness (QED) is 0.485. The fraction of sp³-hybridized carbons (Fsp3) is 0.400. The monoisotopic (exact) mass is 290 g/mol. The molecule has 0 aromatic heterocycles. The van der Waals surface area contributed by atoms with Crippen molar-refractivity contribution in [2.75, 3.05) is 6.61 Å². The lowest BCUT2D eigenvalue weighted by molar-refractivity contribution is 0.262. The van der Waals surface area contributed by atoms with Crippen LogP contribution in [0, 0.1) is 6.92 Å². The Morgan fingerprint density at radius 1 is 1.38 bits per heavy atom. The summed E-state index contributed by atoms with van der Waals surface area (Å²) in [5, 5.41) is 0. The van der Waals surface area contributed by atoms with Crippen LogP contribution >= 0.6 is 22.6 Å². The molecule has 13 heavy (non-hydrogen) atoms. The number of hydrogen-bond donors (Lipinski definition) is 0. The normalized spacial score (nSPS) is 25.7. The van der Waals surface area contributed by atoms with Crippen LogP contribution in [0.4, 0.5) is 0 Å². The summed E-state index contributed by atoms with van der Waals surface area (Å²) in [6, 6.07) is 8.06. The van der Waals surface area contributed by atoms with Crippen LogP contribution in [0.1, 0.15) is 5.56 Å². The molecule has 1 saturated heterocycles. The molecule has 1 aromatic carbocycles. The van der Waals surface area contributed by atoms with Crippen molar-refractivity contribution < 1.29 is 9.47 Å². The van der Waals surface area contributed by atoms with Crippen molar-refractivity contribution in [2.24, 2.45) is 0 Å². The maximum absolute atomic E-state index is 5.53. The van der Waals surface area contributed by atoms with Crippen LogP contribution in [-0.2, 0) is 4.74 Å². The molecule has 2 rings (SSSR count). The van der Waals surface area contributed by atoms with Crippen molar-refractivity contribution >= 4 is 22.6 Å². The van der Waals surface area contributed by atoms with E-state index in [1.54, 1.807) is 0 Å². The molecular weight excluding hydrogens is 279 g/mol. The first-order chi connectivity index (χ1) is 6.25. The van der Waals surface area contributed by atoms with Crippen molar-refractivity contribution in [1.29, 1.82) is 0 Å². The first kappa shape index (κ1) is 9.27. The molecule has 1 aromatic rings. The zero-order valence-electron chi connectivity index (χ0n) is 7.37. The van der Waals surface area contributed by atoms with Gasteiger partial charge in [0.1, 0.15) is 22.6 Å². The van der Waals surface area contributed by atoms with Gasteiger partial charge in [-0.2, -0.15) is 0 Å². The number of hydrogen-bond acceptors (Lipinski definition) is 2. The lowest BCUT2D eigenvalue weighted by atomic mass is 10.2. The van der Waals surface area contributed by atoms with E-state index in [2.05, 4.69) is 29.5 Å². The van der Waals surface area contributed by atoms with Gasteiger partial charge in [0.25, 0.3) is 0 Å². The van der Waals surface area contributed by atoms with Crippen molar-refractivity contribution in [3.8, 4) is 5.75 Å². The molecule has 1 heterocycles.